The first kappa shape index (κ1) is 13.1. The van der Waals surface area contributed by atoms with Gasteiger partial charge in [-0.05, 0) is 60.4 Å². The predicted molar refractivity (Wildman–Crippen MR) is 70.5 cm³/mol. The third kappa shape index (κ3) is 1.95. The van der Waals surface area contributed by atoms with E-state index in [1.807, 2.05) is 0 Å². The van der Waals surface area contributed by atoms with Crippen molar-refractivity contribution in [1.29, 1.82) is 0 Å². The molecule has 1 heteroatoms. The molecule has 0 aliphatic carbocycles. The number of phenols is 1. The highest BCUT2D eigenvalue weighted by molar-refractivity contribution is 5.56. The fourth-order valence-electron chi connectivity index (χ4n) is 2.60. The highest BCUT2D eigenvalue weighted by atomic mass is 16.3. The highest BCUT2D eigenvalue weighted by Gasteiger charge is 2.20. The normalized spacial score (nSPS) is 11.6. The largest absolute Gasteiger partial charge is 0.507 e. The van der Waals surface area contributed by atoms with Crippen LogP contribution in [0.5, 0.6) is 5.75 Å². The van der Waals surface area contributed by atoms with Gasteiger partial charge < -0.3 is 5.11 Å². The van der Waals surface area contributed by atoms with Crippen LogP contribution in [-0.2, 0) is 0 Å². The summed E-state index contributed by atoms with van der Waals surface area (Å²) in [6, 6.07) is 0. The van der Waals surface area contributed by atoms with Gasteiger partial charge in [0.1, 0.15) is 5.75 Å². The fourth-order valence-corrected chi connectivity index (χ4v) is 2.60. The van der Waals surface area contributed by atoms with E-state index in [1.165, 1.54) is 16.7 Å². The van der Waals surface area contributed by atoms with Gasteiger partial charge in [-0.3, -0.25) is 0 Å². The molecular weight excluding hydrogens is 196 g/mol. The van der Waals surface area contributed by atoms with Gasteiger partial charge in [-0.15, -0.1) is 0 Å². The van der Waals surface area contributed by atoms with Gasteiger partial charge >= 0.3 is 0 Å². The Bertz CT molecular complexity index is 365. The molecule has 0 aromatic heterocycles. The monoisotopic (exact) mass is 220 g/mol. The minimum Gasteiger partial charge on any atom is -0.507 e. The van der Waals surface area contributed by atoms with Crippen LogP contribution in [0.1, 0.15) is 67.3 Å². The first-order valence-corrected chi connectivity index (χ1v) is 6.11. The molecule has 0 bridgehead atoms. The van der Waals surface area contributed by atoms with Crippen molar-refractivity contribution in [3.8, 4) is 5.75 Å². The molecule has 0 spiro atoms. The van der Waals surface area contributed by atoms with Gasteiger partial charge in [0.25, 0.3) is 0 Å². The summed E-state index contributed by atoms with van der Waals surface area (Å²) in [5.74, 6) is 1.26. The SMILES string of the molecule is Cc1c(C)c(C(C)C)c(O)c(C(C)C)c1C. The zero-order valence-corrected chi connectivity index (χ0v) is 11.6. The second kappa shape index (κ2) is 4.48. The molecular formula is C15H24O. The summed E-state index contributed by atoms with van der Waals surface area (Å²) in [5.41, 5.74) is 6.05. The van der Waals surface area contributed by atoms with Crippen molar-refractivity contribution >= 4 is 0 Å². The van der Waals surface area contributed by atoms with Gasteiger partial charge in [-0.25, -0.2) is 0 Å². The molecule has 0 unspecified atom stereocenters. The van der Waals surface area contributed by atoms with Crippen molar-refractivity contribution in [3.05, 3.63) is 27.8 Å². The molecule has 0 amide bonds. The molecule has 1 aromatic carbocycles. The number of phenolic OH excluding ortho intramolecular Hbond substituents is 1. The maximum absolute atomic E-state index is 10.4. The van der Waals surface area contributed by atoms with Gasteiger partial charge in [-0.1, -0.05) is 27.7 Å². The molecule has 0 radical (unpaired) electrons. The molecule has 1 nitrogen and oxygen atoms in total. The van der Waals surface area contributed by atoms with E-state index in [1.54, 1.807) is 0 Å². The topological polar surface area (TPSA) is 20.2 Å². The summed E-state index contributed by atoms with van der Waals surface area (Å²) in [4.78, 5) is 0. The molecule has 90 valence electrons. The molecule has 0 saturated heterocycles. The number of rotatable bonds is 2. The van der Waals surface area contributed by atoms with Crippen LogP contribution in [0.15, 0.2) is 0 Å². The Balaban J connectivity index is 3.66. The van der Waals surface area contributed by atoms with E-state index in [-0.39, 0.29) is 0 Å². The molecule has 0 aliphatic heterocycles. The molecule has 1 aromatic rings. The number of hydrogen-bond donors (Lipinski definition) is 1. The molecule has 1 N–H and O–H groups in total. The van der Waals surface area contributed by atoms with Crippen molar-refractivity contribution in [1.82, 2.24) is 0 Å². The summed E-state index contributed by atoms with van der Waals surface area (Å²) in [5, 5.41) is 10.4. The van der Waals surface area contributed by atoms with E-state index >= 15 is 0 Å². The van der Waals surface area contributed by atoms with E-state index in [9.17, 15) is 5.11 Å². The molecule has 0 heterocycles. The molecule has 0 atom stereocenters. The zero-order chi connectivity index (χ0) is 12.6. The van der Waals surface area contributed by atoms with Gasteiger partial charge in [0, 0.05) is 0 Å². The van der Waals surface area contributed by atoms with Crippen molar-refractivity contribution in [2.75, 3.05) is 0 Å². The first-order valence-electron chi connectivity index (χ1n) is 6.11. The minimum atomic E-state index is 0.372. The van der Waals surface area contributed by atoms with Crippen LogP contribution in [0.25, 0.3) is 0 Å². The lowest BCUT2D eigenvalue weighted by Gasteiger charge is -2.23. The van der Waals surface area contributed by atoms with Crippen LogP contribution in [0, 0.1) is 20.8 Å². The average molecular weight is 220 g/mol. The average Bonchev–Trinajstić information content (AvgIpc) is 2.13. The second-order valence-electron chi connectivity index (χ2n) is 5.36. The van der Waals surface area contributed by atoms with Gasteiger partial charge in [0.15, 0.2) is 0 Å². The molecule has 0 saturated carbocycles. The second-order valence-corrected chi connectivity index (χ2v) is 5.36. The van der Waals surface area contributed by atoms with Crippen LogP contribution in [-0.4, -0.2) is 5.11 Å². The van der Waals surface area contributed by atoms with Crippen molar-refractivity contribution in [2.45, 2.75) is 60.3 Å². The number of aromatic hydroxyl groups is 1. The van der Waals surface area contributed by atoms with E-state index < -0.39 is 0 Å². The smallest absolute Gasteiger partial charge is 0.123 e. The fraction of sp³-hybridized carbons (Fsp3) is 0.600. The third-order valence-electron chi connectivity index (χ3n) is 3.60. The Labute approximate surface area is 99.5 Å². The van der Waals surface area contributed by atoms with E-state index in [2.05, 4.69) is 48.5 Å². The van der Waals surface area contributed by atoms with Crippen LogP contribution >= 0.6 is 0 Å². The lowest BCUT2D eigenvalue weighted by molar-refractivity contribution is 0.452. The minimum absolute atomic E-state index is 0.372. The van der Waals surface area contributed by atoms with Crippen molar-refractivity contribution in [3.63, 3.8) is 0 Å². The number of hydrogen-bond acceptors (Lipinski definition) is 1. The highest BCUT2D eigenvalue weighted by Crippen LogP contribution is 2.40. The lowest BCUT2D eigenvalue weighted by Crippen LogP contribution is -2.04. The number of benzene rings is 1. The molecule has 16 heavy (non-hydrogen) atoms. The van der Waals surface area contributed by atoms with E-state index in [0.717, 1.165) is 11.1 Å². The van der Waals surface area contributed by atoms with Crippen LogP contribution in [0.4, 0.5) is 0 Å². The first-order chi connectivity index (χ1) is 7.29. The summed E-state index contributed by atoms with van der Waals surface area (Å²) in [6.07, 6.45) is 0. The third-order valence-corrected chi connectivity index (χ3v) is 3.60. The zero-order valence-electron chi connectivity index (χ0n) is 11.6. The van der Waals surface area contributed by atoms with E-state index in [4.69, 9.17) is 0 Å². The summed E-state index contributed by atoms with van der Waals surface area (Å²) in [6.45, 7) is 14.9. The Hall–Kier alpha value is -0.980. The Morgan fingerprint density at radius 3 is 1.25 bits per heavy atom. The maximum Gasteiger partial charge on any atom is 0.123 e. The van der Waals surface area contributed by atoms with Crippen LogP contribution in [0.2, 0.25) is 0 Å². The lowest BCUT2D eigenvalue weighted by atomic mass is 9.84. The maximum atomic E-state index is 10.4. The molecule has 1 rings (SSSR count). The van der Waals surface area contributed by atoms with Crippen molar-refractivity contribution in [2.24, 2.45) is 0 Å². The van der Waals surface area contributed by atoms with E-state index in [0.29, 0.717) is 17.6 Å². The summed E-state index contributed by atoms with van der Waals surface area (Å²) < 4.78 is 0. The Morgan fingerprint density at radius 1 is 0.688 bits per heavy atom. The van der Waals surface area contributed by atoms with Crippen LogP contribution in [0.3, 0.4) is 0 Å². The summed E-state index contributed by atoms with van der Waals surface area (Å²) >= 11 is 0. The van der Waals surface area contributed by atoms with Crippen molar-refractivity contribution < 1.29 is 5.11 Å². The van der Waals surface area contributed by atoms with Crippen LogP contribution < -0.4 is 0 Å². The van der Waals surface area contributed by atoms with Gasteiger partial charge in [0.05, 0.1) is 0 Å². The molecule has 0 fully saturated rings. The van der Waals surface area contributed by atoms with Gasteiger partial charge in [0.2, 0.25) is 0 Å². The van der Waals surface area contributed by atoms with Gasteiger partial charge in [-0.2, -0.15) is 0 Å². The Morgan fingerprint density at radius 2 is 1.00 bits per heavy atom. The quantitative estimate of drug-likeness (QED) is 0.774. The predicted octanol–water partition coefficient (Wildman–Crippen LogP) is 4.56. The summed E-state index contributed by atoms with van der Waals surface area (Å²) in [7, 11) is 0. The Kier molecular flexibility index (Phi) is 3.67. The molecule has 0 aliphatic rings. The standard InChI is InChI=1S/C15H24O/c1-8(2)13-11(6)10(5)12(7)14(9(3)4)15(13)16/h8-9,16H,1-7H3.